The Morgan fingerprint density at radius 2 is 1.77 bits per heavy atom. The van der Waals surface area contributed by atoms with E-state index in [4.69, 9.17) is 11.6 Å². The molecule has 0 saturated carbocycles. The fourth-order valence-corrected chi connectivity index (χ4v) is 8.14. The number of rotatable bonds is 8. The molecule has 0 radical (unpaired) electrons. The molecule has 0 spiro atoms. The molecule has 0 bridgehead atoms. The monoisotopic (exact) mass is 629 g/mol. The number of halogens is 1. The Morgan fingerprint density at radius 3 is 2.47 bits per heavy atom. The van der Waals surface area contributed by atoms with Gasteiger partial charge >= 0.3 is 0 Å². The average Bonchev–Trinajstić information content (AvgIpc) is 3.41. The number of fused-ring (bicyclic) bond motifs is 1. The minimum Gasteiger partial charge on any atom is -0.356 e. The highest BCUT2D eigenvalue weighted by molar-refractivity contribution is 7.93. The first kappa shape index (κ1) is 30.8. The molecule has 43 heavy (non-hydrogen) atoms. The van der Waals surface area contributed by atoms with Crippen LogP contribution in [-0.2, 0) is 29.2 Å². The molecular weight excluding hydrogens is 594 g/mol. The highest BCUT2D eigenvalue weighted by atomic mass is 35.5. The van der Waals surface area contributed by atoms with Gasteiger partial charge in [0.05, 0.1) is 22.7 Å². The molecule has 3 aliphatic heterocycles. The van der Waals surface area contributed by atoms with Crippen molar-refractivity contribution in [1.82, 2.24) is 15.5 Å². The molecule has 2 saturated heterocycles. The van der Waals surface area contributed by atoms with Gasteiger partial charge in [-0.15, -0.1) is 0 Å². The molecule has 2 fully saturated rings. The summed E-state index contributed by atoms with van der Waals surface area (Å²) in [5.41, 5.74) is 1.64. The van der Waals surface area contributed by atoms with Crippen LogP contribution in [0.15, 0.2) is 41.3 Å². The Hall–Kier alpha value is -3.64. The molecule has 230 valence electrons. The smallest absolute Gasteiger partial charge is 0.265 e. The molecule has 11 nitrogen and oxygen atoms in total. The van der Waals surface area contributed by atoms with E-state index in [1.54, 1.807) is 49.1 Å². The van der Waals surface area contributed by atoms with Gasteiger partial charge < -0.3 is 20.9 Å². The number of para-hydroxylation sites is 2. The third-order valence-corrected chi connectivity index (χ3v) is 10.8. The van der Waals surface area contributed by atoms with Crippen molar-refractivity contribution in [3.8, 4) is 0 Å². The lowest BCUT2D eigenvalue weighted by atomic mass is 9.93. The Morgan fingerprint density at radius 1 is 1.05 bits per heavy atom. The zero-order valence-electron chi connectivity index (χ0n) is 24.2. The standard InChI is InChI=1S/C30H36ClN5O6S/c1-18-16-26(19(2)15-21(18)31)43(41,42)36-24-6-4-3-5-22(24)34-29(39)25(36)17-28(38)32-12-9-20-10-13-35(14-11-20)30(40)23-7-8-27(37)33-23/h3-6,15-16,20,23,25H,7-14,17H2,1-2H3,(H,32,38)(H,33,37)(H,34,39). The number of nitrogens with zero attached hydrogens (tertiary/aromatic N) is 2. The second-order valence-corrected chi connectivity index (χ2v) is 13.7. The van der Waals surface area contributed by atoms with Crippen molar-refractivity contribution in [2.75, 3.05) is 29.3 Å². The summed E-state index contributed by atoms with van der Waals surface area (Å²) < 4.78 is 29.2. The molecule has 3 aliphatic rings. The first-order valence-electron chi connectivity index (χ1n) is 14.5. The number of amides is 4. The molecule has 2 aromatic rings. The molecule has 13 heteroatoms. The number of likely N-dealkylation sites (tertiary alicyclic amines) is 1. The number of hydrogen-bond donors (Lipinski definition) is 3. The van der Waals surface area contributed by atoms with Gasteiger partial charge in [-0.3, -0.25) is 23.5 Å². The lowest BCUT2D eigenvalue weighted by Gasteiger charge is -2.37. The summed E-state index contributed by atoms with van der Waals surface area (Å²) in [5.74, 6) is -0.840. The SMILES string of the molecule is Cc1cc(S(=O)(=O)N2c3ccccc3NC(=O)C2CC(=O)NCCC2CCN(C(=O)C3CCC(=O)N3)CC2)c(C)cc1Cl. The van der Waals surface area contributed by atoms with E-state index in [0.717, 1.165) is 17.1 Å². The van der Waals surface area contributed by atoms with Crippen molar-refractivity contribution in [3.63, 3.8) is 0 Å². The van der Waals surface area contributed by atoms with Gasteiger partial charge in [-0.2, -0.15) is 0 Å². The van der Waals surface area contributed by atoms with Crippen LogP contribution in [0.5, 0.6) is 0 Å². The second-order valence-electron chi connectivity index (χ2n) is 11.5. The van der Waals surface area contributed by atoms with E-state index in [1.165, 1.54) is 6.07 Å². The van der Waals surface area contributed by atoms with Gasteiger partial charge in [-0.05, 0) is 80.8 Å². The summed E-state index contributed by atoms with van der Waals surface area (Å²) in [7, 11) is -4.25. The summed E-state index contributed by atoms with van der Waals surface area (Å²) in [6.45, 7) is 4.91. The van der Waals surface area contributed by atoms with Gasteiger partial charge in [0, 0.05) is 31.1 Å². The maximum atomic E-state index is 14.1. The van der Waals surface area contributed by atoms with E-state index in [1.807, 2.05) is 0 Å². The Bertz CT molecular complexity index is 1560. The zero-order valence-corrected chi connectivity index (χ0v) is 25.8. The van der Waals surface area contributed by atoms with Crippen molar-refractivity contribution in [2.24, 2.45) is 5.92 Å². The molecule has 2 unspecified atom stereocenters. The van der Waals surface area contributed by atoms with Crippen LogP contribution in [0.4, 0.5) is 11.4 Å². The van der Waals surface area contributed by atoms with Crippen LogP contribution in [0.2, 0.25) is 5.02 Å². The quantitative estimate of drug-likeness (QED) is 0.410. The maximum absolute atomic E-state index is 14.1. The predicted octanol–water partition coefficient (Wildman–Crippen LogP) is 2.89. The lowest BCUT2D eigenvalue weighted by Crippen LogP contribution is -2.53. The molecule has 0 aliphatic carbocycles. The second kappa shape index (κ2) is 12.5. The molecule has 3 heterocycles. The maximum Gasteiger partial charge on any atom is 0.265 e. The number of aryl methyl sites for hydroxylation is 2. The lowest BCUT2D eigenvalue weighted by molar-refractivity contribution is -0.135. The summed E-state index contributed by atoms with van der Waals surface area (Å²) >= 11 is 6.22. The van der Waals surface area contributed by atoms with Gasteiger partial charge in [0.15, 0.2) is 0 Å². The van der Waals surface area contributed by atoms with Crippen LogP contribution in [0.25, 0.3) is 0 Å². The summed E-state index contributed by atoms with van der Waals surface area (Å²) in [6.07, 6.45) is 2.83. The normalized spacial score (nSPS) is 20.8. The fraction of sp³-hybridized carbons (Fsp3) is 0.467. The van der Waals surface area contributed by atoms with E-state index < -0.39 is 33.9 Å². The average molecular weight is 630 g/mol. The third kappa shape index (κ3) is 6.50. The van der Waals surface area contributed by atoms with Crippen LogP contribution >= 0.6 is 11.6 Å². The topological polar surface area (TPSA) is 145 Å². The van der Waals surface area contributed by atoms with Crippen LogP contribution < -0.4 is 20.3 Å². The number of carbonyl (C=O) groups excluding carboxylic acids is 4. The Labute approximate surface area is 256 Å². The Balaban J connectivity index is 1.22. The molecule has 4 amide bonds. The first-order chi connectivity index (χ1) is 20.5. The van der Waals surface area contributed by atoms with Crippen LogP contribution in [-0.4, -0.2) is 68.7 Å². The largest absolute Gasteiger partial charge is 0.356 e. The number of carbonyl (C=O) groups is 4. The molecule has 2 aromatic carbocycles. The van der Waals surface area contributed by atoms with Crippen molar-refractivity contribution in [1.29, 1.82) is 0 Å². The Kier molecular flexibility index (Phi) is 8.98. The first-order valence-corrected chi connectivity index (χ1v) is 16.3. The summed E-state index contributed by atoms with van der Waals surface area (Å²) in [5, 5.41) is 8.77. The van der Waals surface area contributed by atoms with E-state index in [-0.39, 0.29) is 28.8 Å². The van der Waals surface area contributed by atoms with Crippen molar-refractivity contribution in [2.45, 2.75) is 69.4 Å². The molecule has 5 rings (SSSR count). The number of hydrogen-bond acceptors (Lipinski definition) is 6. The number of piperidine rings is 1. The van der Waals surface area contributed by atoms with Gasteiger partial charge in [0.25, 0.3) is 10.0 Å². The summed E-state index contributed by atoms with van der Waals surface area (Å²) in [4.78, 5) is 52.2. The van der Waals surface area contributed by atoms with E-state index in [9.17, 15) is 27.6 Å². The number of anilines is 2. The van der Waals surface area contributed by atoms with E-state index >= 15 is 0 Å². The van der Waals surface area contributed by atoms with Crippen LogP contribution in [0.1, 0.15) is 49.7 Å². The minimum atomic E-state index is -4.25. The van der Waals surface area contributed by atoms with Crippen molar-refractivity contribution < 1.29 is 27.6 Å². The minimum absolute atomic E-state index is 0.0180. The van der Waals surface area contributed by atoms with Gasteiger partial charge in [-0.25, -0.2) is 8.42 Å². The molecular formula is C30H36ClN5O6S. The predicted molar refractivity (Wildman–Crippen MR) is 162 cm³/mol. The highest BCUT2D eigenvalue weighted by Gasteiger charge is 2.42. The number of benzene rings is 2. The molecule has 2 atom stereocenters. The zero-order chi connectivity index (χ0) is 30.9. The van der Waals surface area contributed by atoms with Crippen molar-refractivity contribution >= 4 is 56.6 Å². The van der Waals surface area contributed by atoms with E-state index in [0.29, 0.717) is 66.7 Å². The van der Waals surface area contributed by atoms with E-state index in [2.05, 4.69) is 16.0 Å². The highest BCUT2D eigenvalue weighted by Crippen LogP contribution is 2.38. The molecule has 0 aromatic heterocycles. The van der Waals surface area contributed by atoms with Crippen molar-refractivity contribution in [3.05, 3.63) is 52.5 Å². The van der Waals surface area contributed by atoms with Gasteiger partial charge in [0.2, 0.25) is 23.6 Å². The molecule has 3 N–H and O–H groups in total. The third-order valence-electron chi connectivity index (χ3n) is 8.45. The van der Waals surface area contributed by atoms with Crippen LogP contribution in [0, 0.1) is 19.8 Å². The van der Waals surface area contributed by atoms with Gasteiger partial charge in [0.1, 0.15) is 12.1 Å². The number of sulfonamides is 1. The van der Waals surface area contributed by atoms with Gasteiger partial charge in [-0.1, -0.05) is 23.7 Å². The van der Waals surface area contributed by atoms with Crippen LogP contribution in [0.3, 0.4) is 0 Å². The summed E-state index contributed by atoms with van der Waals surface area (Å²) in [6, 6.07) is 7.95. The fourth-order valence-electron chi connectivity index (χ4n) is 6.00. The number of nitrogens with one attached hydrogen (secondary N) is 3.